The van der Waals surface area contributed by atoms with Gasteiger partial charge in [-0.2, -0.15) is 0 Å². The summed E-state index contributed by atoms with van der Waals surface area (Å²) in [5.41, 5.74) is 0. The minimum absolute atomic E-state index is 1.07. The molecule has 0 amide bonds. The van der Waals surface area contributed by atoms with Crippen LogP contribution in [-0.2, 0) is 0 Å². The van der Waals surface area contributed by atoms with Crippen LogP contribution in [0.25, 0.3) is 0 Å². The first kappa shape index (κ1) is 15.0. The normalized spacial score (nSPS) is 9.87. The Morgan fingerprint density at radius 1 is 0.800 bits per heavy atom. The first-order valence-electron chi connectivity index (χ1n) is 6.12. The maximum atomic E-state index is 3.47. The topological polar surface area (TPSA) is 0 Å². The van der Waals surface area contributed by atoms with E-state index in [1.807, 2.05) is 0 Å². The van der Waals surface area contributed by atoms with Crippen molar-refractivity contribution < 1.29 is 0 Å². The summed E-state index contributed by atoms with van der Waals surface area (Å²) in [7, 11) is 0. The van der Waals surface area contributed by atoms with Gasteiger partial charge in [0.05, 0.1) is 0 Å². The van der Waals surface area contributed by atoms with Crippen molar-refractivity contribution in [3.8, 4) is 18.8 Å². The van der Waals surface area contributed by atoms with E-state index in [0.29, 0.717) is 0 Å². The Labute approximate surface area is 101 Å². The molecule has 0 atom stereocenters. The van der Waals surface area contributed by atoms with Gasteiger partial charge in [-0.3, -0.25) is 0 Å². The van der Waals surface area contributed by atoms with Crippen molar-refractivity contribution in [1.29, 1.82) is 0 Å². The molecule has 0 radical (unpaired) electrons. The molecule has 0 saturated carbocycles. The average molecular weight is 400 g/mol. The molecule has 0 nitrogen and oxygen atoms in total. The molecule has 0 spiro atoms. The number of hydrogen-bond acceptors (Lipinski definition) is 0. The van der Waals surface area contributed by atoms with E-state index in [2.05, 4.69) is 41.6 Å². The zero-order valence-corrected chi connectivity index (χ0v) is 14.6. The molecule has 0 aromatic rings. The van der Waals surface area contributed by atoms with E-state index >= 15 is 0 Å². The summed E-state index contributed by atoms with van der Waals surface area (Å²) in [6, 6.07) is 0. The van der Waals surface area contributed by atoms with E-state index in [-0.39, 0.29) is 0 Å². The van der Waals surface area contributed by atoms with E-state index in [4.69, 9.17) is 0 Å². The molecule has 0 bridgehead atoms. The number of hydrogen-bond donors (Lipinski definition) is 0. The molecule has 1 heteroatoms. The fourth-order valence-corrected chi connectivity index (χ4v) is 5.78. The summed E-state index contributed by atoms with van der Waals surface area (Å²) < 4.78 is 11.6. The maximum absolute atomic E-state index is 3.47. The third-order valence-electron chi connectivity index (χ3n) is 2.11. The summed E-state index contributed by atoms with van der Waals surface area (Å²) in [5, 5.41) is 0. The van der Waals surface area contributed by atoms with Crippen molar-refractivity contribution in [2.75, 3.05) is 0 Å². The first-order chi connectivity index (χ1) is 7.12. The van der Waals surface area contributed by atoms with E-state index in [0.717, 1.165) is 12.8 Å². The summed E-state index contributed by atoms with van der Waals surface area (Å²) in [5.74, 6) is 6.63. The average Bonchev–Trinajstić information content (AvgIpc) is 2.20. The third kappa shape index (κ3) is 10.3. The third-order valence-corrected chi connectivity index (χ3v) is 8.35. The summed E-state index contributed by atoms with van der Waals surface area (Å²) in [6.07, 6.45) is 7.09. The van der Waals surface area contributed by atoms with Gasteiger partial charge in [-0.1, -0.05) is 0 Å². The molecule has 0 heterocycles. The summed E-state index contributed by atoms with van der Waals surface area (Å²) >= 11 is -2.37. The van der Waals surface area contributed by atoms with Crippen LogP contribution in [-0.4, -0.2) is 21.2 Å². The monoisotopic (exact) mass is 400 g/mol. The fourth-order valence-electron chi connectivity index (χ4n) is 1.13. The van der Waals surface area contributed by atoms with E-state index in [1.165, 1.54) is 25.7 Å². The van der Waals surface area contributed by atoms with Crippen LogP contribution in [0.15, 0.2) is 0 Å². The Kier molecular flexibility index (Phi) is 9.31. The molecule has 0 unspecified atom stereocenters. The van der Waals surface area contributed by atoms with Crippen molar-refractivity contribution in [3.63, 3.8) is 0 Å². The van der Waals surface area contributed by atoms with Crippen LogP contribution in [0, 0.1) is 18.8 Å². The van der Waals surface area contributed by atoms with Crippen molar-refractivity contribution in [2.24, 2.45) is 0 Å². The molecule has 0 saturated heterocycles. The molecule has 0 aromatic carbocycles. The van der Waals surface area contributed by atoms with Gasteiger partial charge in [0.15, 0.2) is 0 Å². The SMILES string of the molecule is CCCCC#[C][Pb]([CH3])([CH3])[C]#CCCCC. The van der Waals surface area contributed by atoms with Crippen LogP contribution < -0.4 is 0 Å². The molecule has 0 aromatic heterocycles. The van der Waals surface area contributed by atoms with E-state index in [9.17, 15) is 0 Å². The quantitative estimate of drug-likeness (QED) is 0.378. The van der Waals surface area contributed by atoms with Gasteiger partial charge < -0.3 is 0 Å². The molecule has 0 N–H and O–H groups in total. The summed E-state index contributed by atoms with van der Waals surface area (Å²) in [6.45, 7) is 4.42. The van der Waals surface area contributed by atoms with Crippen LogP contribution in [0.1, 0.15) is 52.4 Å². The zero-order chi connectivity index (χ0) is 11.6. The van der Waals surface area contributed by atoms with E-state index < -0.39 is 21.2 Å². The Morgan fingerprint density at radius 2 is 1.20 bits per heavy atom. The van der Waals surface area contributed by atoms with Gasteiger partial charge in [-0.05, 0) is 0 Å². The second kappa shape index (κ2) is 9.28. The molecule has 0 fully saturated rings. The van der Waals surface area contributed by atoms with Gasteiger partial charge >= 0.3 is 101 Å². The minimum atomic E-state index is -2.37. The standard InChI is InChI=1S/2C6H9.2CH3.Pb/c2*1-3-5-6-4-2;;;/h2*3,5-6H2,1H3;2*1H3;. The zero-order valence-electron chi connectivity index (χ0n) is 10.7. The fraction of sp³-hybridized carbons (Fsp3) is 0.714. The molecule has 0 aliphatic carbocycles. The van der Waals surface area contributed by atoms with Gasteiger partial charge in [-0.15, -0.1) is 0 Å². The molecule has 0 aliphatic rings. The second-order valence-electron chi connectivity index (χ2n) is 4.44. The Morgan fingerprint density at radius 3 is 1.53 bits per heavy atom. The predicted molar refractivity (Wildman–Crippen MR) is 72.1 cm³/mol. The molecule has 84 valence electrons. The van der Waals surface area contributed by atoms with Crippen LogP contribution >= 0.6 is 0 Å². The number of rotatable bonds is 4. The van der Waals surface area contributed by atoms with Crippen molar-refractivity contribution in [3.05, 3.63) is 0 Å². The molecular formula is C14H24Pb. The van der Waals surface area contributed by atoms with Crippen LogP contribution in [0.3, 0.4) is 0 Å². The first-order valence-corrected chi connectivity index (χ1v) is 17.8. The van der Waals surface area contributed by atoms with Crippen molar-refractivity contribution >= 4 is 21.2 Å². The molecule has 0 rings (SSSR count). The van der Waals surface area contributed by atoms with Crippen molar-refractivity contribution in [2.45, 2.75) is 61.3 Å². The Bertz CT molecular complexity index is 239. The molecule has 15 heavy (non-hydrogen) atoms. The Balaban J connectivity index is 4.01. The van der Waals surface area contributed by atoms with E-state index in [1.54, 1.807) is 0 Å². The van der Waals surface area contributed by atoms with Crippen molar-refractivity contribution in [1.82, 2.24) is 0 Å². The molecular weight excluding hydrogens is 375 g/mol. The van der Waals surface area contributed by atoms with Gasteiger partial charge in [-0.25, -0.2) is 0 Å². The Hall–Kier alpha value is 0.0421. The van der Waals surface area contributed by atoms with Crippen LogP contribution in [0.2, 0.25) is 8.97 Å². The van der Waals surface area contributed by atoms with Gasteiger partial charge in [0.1, 0.15) is 0 Å². The summed E-state index contributed by atoms with van der Waals surface area (Å²) in [4.78, 5) is 0. The predicted octanol–water partition coefficient (Wildman–Crippen LogP) is 4.16. The molecule has 0 aliphatic heterocycles. The van der Waals surface area contributed by atoms with Gasteiger partial charge in [0.2, 0.25) is 0 Å². The van der Waals surface area contributed by atoms with Crippen LogP contribution in [0.4, 0.5) is 0 Å². The second-order valence-corrected chi connectivity index (χ2v) is 19.0. The van der Waals surface area contributed by atoms with Crippen LogP contribution in [0.5, 0.6) is 0 Å². The number of unbranched alkanes of at least 4 members (excludes halogenated alkanes) is 4. The van der Waals surface area contributed by atoms with Gasteiger partial charge in [0, 0.05) is 0 Å². The van der Waals surface area contributed by atoms with Gasteiger partial charge in [0.25, 0.3) is 0 Å².